The Morgan fingerprint density at radius 1 is 1.19 bits per heavy atom. The molecule has 21 heavy (non-hydrogen) atoms. The van der Waals surface area contributed by atoms with Crippen molar-refractivity contribution in [3.63, 3.8) is 0 Å². The second kappa shape index (κ2) is 7.57. The van der Waals surface area contributed by atoms with Crippen LogP contribution in [-0.2, 0) is 11.3 Å². The summed E-state index contributed by atoms with van der Waals surface area (Å²) in [6, 6.07) is 11.0. The average Bonchev–Trinajstić information content (AvgIpc) is 2.54. The number of allylic oxidation sites excluding steroid dienone is 2. The number of nitrogens with zero attached hydrogens (tertiary/aromatic N) is 2. The van der Waals surface area contributed by atoms with Crippen molar-refractivity contribution >= 4 is 0 Å². The Kier molecular flexibility index (Phi) is 5.49. The highest BCUT2D eigenvalue weighted by Gasteiger charge is 2.20. The summed E-state index contributed by atoms with van der Waals surface area (Å²) in [5.41, 5.74) is 1.69. The fourth-order valence-electron chi connectivity index (χ4n) is 2.56. The Labute approximate surface area is 124 Å². The zero-order chi connectivity index (χ0) is 15.1. The van der Waals surface area contributed by atoms with Crippen LogP contribution in [-0.4, -0.2) is 6.10 Å². The third-order valence-electron chi connectivity index (χ3n) is 3.78. The monoisotopic (exact) mass is 284 g/mol. The molecule has 0 aliphatic heterocycles. The van der Waals surface area contributed by atoms with Gasteiger partial charge in [-0.05, 0) is 55.4 Å². The molecule has 0 radical (unpaired) electrons. The summed E-state index contributed by atoms with van der Waals surface area (Å²) in [7, 11) is 0. The molecule has 0 atom stereocenters. The van der Waals surface area contributed by atoms with Gasteiger partial charge >= 0.3 is 0 Å². The summed E-state index contributed by atoms with van der Waals surface area (Å²) < 4.78 is 18.8. The number of hydrogen-bond donors (Lipinski definition) is 0. The van der Waals surface area contributed by atoms with Gasteiger partial charge in [0.1, 0.15) is 6.07 Å². The zero-order valence-corrected chi connectivity index (χ0v) is 11.8. The lowest BCUT2D eigenvalue weighted by Gasteiger charge is -2.26. The average molecular weight is 284 g/mol. The maximum absolute atomic E-state index is 12.9. The Hall–Kier alpha value is -2.17. The molecule has 1 fully saturated rings. The van der Waals surface area contributed by atoms with Crippen molar-refractivity contribution in [2.24, 2.45) is 5.92 Å². The quantitative estimate of drug-likeness (QED) is 0.785. The number of ether oxygens (including phenoxy) is 1. The lowest BCUT2D eigenvalue weighted by molar-refractivity contribution is 0.0109. The van der Waals surface area contributed by atoms with Crippen molar-refractivity contribution in [1.29, 1.82) is 10.5 Å². The molecule has 4 heteroatoms. The Bertz CT molecular complexity index is 572. The van der Waals surface area contributed by atoms with Crippen LogP contribution in [0.4, 0.5) is 4.39 Å². The molecule has 0 bridgehead atoms. The summed E-state index contributed by atoms with van der Waals surface area (Å²) in [6.07, 6.45) is 5.10. The molecule has 0 heterocycles. The molecule has 0 spiro atoms. The van der Waals surface area contributed by atoms with Crippen LogP contribution in [0.1, 0.15) is 36.8 Å². The van der Waals surface area contributed by atoms with Crippen molar-refractivity contribution < 1.29 is 9.13 Å². The van der Waals surface area contributed by atoms with Crippen LogP contribution in [0.3, 0.4) is 0 Å². The highest BCUT2D eigenvalue weighted by Crippen LogP contribution is 2.28. The lowest BCUT2D eigenvalue weighted by atomic mass is 9.87. The van der Waals surface area contributed by atoms with Gasteiger partial charge in [0, 0.05) is 0 Å². The maximum atomic E-state index is 12.9. The summed E-state index contributed by atoms with van der Waals surface area (Å²) in [4.78, 5) is 0. The maximum Gasteiger partial charge on any atom is 0.196 e. The van der Waals surface area contributed by atoms with E-state index in [9.17, 15) is 4.39 Å². The number of benzene rings is 1. The van der Waals surface area contributed by atoms with Gasteiger partial charge < -0.3 is 4.74 Å². The van der Waals surface area contributed by atoms with E-state index in [0.717, 1.165) is 31.2 Å². The molecule has 1 saturated carbocycles. The second-order valence-corrected chi connectivity index (χ2v) is 5.28. The van der Waals surface area contributed by atoms with Crippen molar-refractivity contribution in [3.05, 3.63) is 47.3 Å². The molecule has 1 aliphatic carbocycles. The van der Waals surface area contributed by atoms with Gasteiger partial charge in [-0.2, -0.15) is 14.9 Å². The van der Waals surface area contributed by atoms with Crippen molar-refractivity contribution in [1.82, 2.24) is 0 Å². The Morgan fingerprint density at radius 2 is 1.86 bits per heavy atom. The largest absolute Gasteiger partial charge is 0.374 e. The van der Waals surface area contributed by atoms with E-state index in [4.69, 9.17) is 15.3 Å². The van der Waals surface area contributed by atoms with Crippen LogP contribution in [0.25, 0.3) is 0 Å². The highest BCUT2D eigenvalue weighted by molar-refractivity contribution is 5.31. The second-order valence-electron chi connectivity index (χ2n) is 5.28. The van der Waals surface area contributed by atoms with E-state index in [1.165, 1.54) is 12.1 Å². The van der Waals surface area contributed by atoms with E-state index in [2.05, 4.69) is 6.07 Å². The van der Waals surface area contributed by atoms with Crippen LogP contribution in [0.15, 0.2) is 36.2 Å². The topological polar surface area (TPSA) is 56.8 Å². The molecule has 0 amide bonds. The van der Waals surface area contributed by atoms with Gasteiger partial charge in [0.15, 0.2) is 5.83 Å². The molecule has 108 valence electrons. The van der Waals surface area contributed by atoms with Crippen molar-refractivity contribution in [2.75, 3.05) is 0 Å². The third kappa shape index (κ3) is 4.70. The van der Waals surface area contributed by atoms with E-state index in [1.54, 1.807) is 12.1 Å². The highest BCUT2D eigenvalue weighted by atomic mass is 19.1. The zero-order valence-electron chi connectivity index (χ0n) is 11.8. The minimum Gasteiger partial charge on any atom is -0.374 e. The van der Waals surface area contributed by atoms with Crippen molar-refractivity contribution in [3.8, 4) is 12.1 Å². The van der Waals surface area contributed by atoms with E-state index >= 15 is 0 Å². The van der Waals surface area contributed by atoms with Gasteiger partial charge in [-0.1, -0.05) is 12.1 Å². The van der Waals surface area contributed by atoms with Crippen LogP contribution in [0.5, 0.6) is 0 Å². The molecular formula is C17H17FN2O. The van der Waals surface area contributed by atoms with Gasteiger partial charge in [-0.25, -0.2) is 0 Å². The number of hydrogen-bond acceptors (Lipinski definition) is 3. The molecule has 3 nitrogen and oxygen atoms in total. The molecule has 2 rings (SSSR count). The molecule has 0 unspecified atom stereocenters. The van der Waals surface area contributed by atoms with E-state index in [1.807, 2.05) is 12.1 Å². The molecule has 0 aromatic heterocycles. The normalized spacial score (nSPS) is 22.3. The number of halogens is 1. The first-order valence-electron chi connectivity index (χ1n) is 7.09. The summed E-state index contributed by atoms with van der Waals surface area (Å²) >= 11 is 0. The van der Waals surface area contributed by atoms with Crippen molar-refractivity contribution in [2.45, 2.75) is 38.4 Å². The molecule has 1 aromatic carbocycles. The van der Waals surface area contributed by atoms with Crippen LogP contribution < -0.4 is 0 Å². The Balaban J connectivity index is 1.76. The molecule has 0 N–H and O–H groups in total. The van der Waals surface area contributed by atoms with Gasteiger partial charge in [0.25, 0.3) is 0 Å². The number of rotatable bonds is 4. The first-order chi connectivity index (χ1) is 10.2. The summed E-state index contributed by atoms with van der Waals surface area (Å²) in [6.45, 7) is 0.531. The fourth-order valence-corrected chi connectivity index (χ4v) is 2.56. The summed E-state index contributed by atoms with van der Waals surface area (Å²) in [5, 5.41) is 17.2. The lowest BCUT2D eigenvalue weighted by Crippen LogP contribution is -2.20. The smallest absolute Gasteiger partial charge is 0.196 e. The van der Waals surface area contributed by atoms with E-state index in [0.29, 0.717) is 12.2 Å². The van der Waals surface area contributed by atoms with Gasteiger partial charge in [0.2, 0.25) is 0 Å². The summed E-state index contributed by atoms with van der Waals surface area (Å²) in [5.74, 6) is -0.531. The minimum atomic E-state index is -0.683. The SMILES string of the molecule is N#C/C(F)=C/C1CCC(OCc2ccc(C#N)cc2)CC1. The predicted molar refractivity (Wildman–Crippen MR) is 76.5 cm³/mol. The van der Waals surface area contributed by atoms with E-state index < -0.39 is 5.83 Å². The minimum absolute atomic E-state index is 0.152. The van der Waals surface area contributed by atoms with Gasteiger partial charge in [-0.15, -0.1) is 0 Å². The Morgan fingerprint density at radius 3 is 2.43 bits per heavy atom. The first kappa shape index (κ1) is 15.2. The number of nitriles is 2. The molecular weight excluding hydrogens is 267 g/mol. The van der Waals surface area contributed by atoms with E-state index in [-0.39, 0.29) is 12.0 Å². The predicted octanol–water partition coefficient (Wildman–Crippen LogP) is 4.01. The van der Waals surface area contributed by atoms with Crippen LogP contribution in [0.2, 0.25) is 0 Å². The molecule has 1 aliphatic rings. The van der Waals surface area contributed by atoms with Gasteiger partial charge in [-0.3, -0.25) is 0 Å². The molecule has 1 aromatic rings. The molecule has 0 saturated heterocycles. The van der Waals surface area contributed by atoms with Crippen LogP contribution >= 0.6 is 0 Å². The van der Waals surface area contributed by atoms with Gasteiger partial charge in [0.05, 0.1) is 24.3 Å². The first-order valence-corrected chi connectivity index (χ1v) is 7.09. The van der Waals surface area contributed by atoms with Crippen LogP contribution in [0, 0.1) is 28.6 Å². The standard InChI is InChI=1S/C17H17FN2O/c18-16(11-20)9-13-5-7-17(8-6-13)21-12-15-3-1-14(10-19)2-4-15/h1-4,9,13,17H,5-8,12H2/b16-9-. The fraction of sp³-hybridized carbons (Fsp3) is 0.412. The third-order valence-corrected chi connectivity index (χ3v) is 3.78.